The molecule has 1 fully saturated rings. The van der Waals surface area contributed by atoms with E-state index in [-0.39, 0.29) is 5.92 Å². The molecule has 6 nitrogen and oxygen atoms in total. The predicted octanol–water partition coefficient (Wildman–Crippen LogP) is -1.11. The number of rotatable bonds is 4. The Hall–Kier alpha value is -1.17. The summed E-state index contributed by atoms with van der Waals surface area (Å²) in [5, 5.41) is 19.6. The highest BCUT2D eigenvalue weighted by atomic mass is 16.6. The van der Waals surface area contributed by atoms with Gasteiger partial charge >= 0.3 is 0 Å². The Balaban J connectivity index is 2.71. The number of carbonyl (C=O) groups is 1. The first-order chi connectivity index (χ1) is 5.47. The first-order valence-electron chi connectivity index (χ1n) is 3.61. The van der Waals surface area contributed by atoms with E-state index < -0.39 is 23.0 Å². The molecule has 0 radical (unpaired) electrons. The molecule has 1 rings (SSSR count). The Bertz CT molecular complexity index is 226. The Kier molecular flexibility index (Phi) is 2.01. The number of nitro groups is 1. The second-order valence-electron chi connectivity index (χ2n) is 3.05. The highest BCUT2D eigenvalue weighted by Crippen LogP contribution is 2.39. The van der Waals surface area contributed by atoms with E-state index in [0.29, 0.717) is 12.8 Å². The maximum Gasteiger partial charge on any atom is 0.256 e. The lowest BCUT2D eigenvalue weighted by molar-refractivity contribution is -0.497. The molecule has 68 valence electrons. The van der Waals surface area contributed by atoms with Crippen LogP contribution in [0.1, 0.15) is 12.8 Å². The molecular formula is C6H10N2O4. The summed E-state index contributed by atoms with van der Waals surface area (Å²) in [6, 6.07) is 0. The van der Waals surface area contributed by atoms with Crippen LogP contribution >= 0.6 is 0 Å². The summed E-state index contributed by atoms with van der Waals surface area (Å²) in [7, 11) is 0. The van der Waals surface area contributed by atoms with E-state index in [0.717, 1.165) is 0 Å². The molecule has 1 aliphatic rings. The van der Waals surface area contributed by atoms with Crippen molar-refractivity contribution in [3.8, 4) is 0 Å². The second-order valence-corrected chi connectivity index (χ2v) is 3.05. The minimum Gasteiger partial charge on any atom is -0.374 e. The molecule has 0 aromatic carbocycles. The van der Waals surface area contributed by atoms with Crippen LogP contribution in [0, 0.1) is 16.0 Å². The standard InChI is InChI=1S/C6H10N2O4/c7-5(9)6(10,3-8(11)12)4-1-2-4/h4,10H,1-3H2,(H2,7,9). The Morgan fingerprint density at radius 2 is 2.25 bits per heavy atom. The number of carbonyl (C=O) groups excluding carboxylic acids is 1. The van der Waals surface area contributed by atoms with Crippen LogP contribution in [0.2, 0.25) is 0 Å². The third kappa shape index (κ3) is 1.53. The van der Waals surface area contributed by atoms with Gasteiger partial charge in [0.2, 0.25) is 12.1 Å². The number of hydrogen-bond donors (Lipinski definition) is 2. The molecule has 0 saturated heterocycles. The van der Waals surface area contributed by atoms with Crippen LogP contribution in [0.4, 0.5) is 0 Å². The molecule has 1 saturated carbocycles. The van der Waals surface area contributed by atoms with E-state index in [9.17, 15) is 20.0 Å². The summed E-state index contributed by atoms with van der Waals surface area (Å²) in [5.74, 6) is -1.32. The minimum absolute atomic E-state index is 0.319. The number of hydrogen-bond acceptors (Lipinski definition) is 4. The van der Waals surface area contributed by atoms with E-state index in [1.165, 1.54) is 0 Å². The van der Waals surface area contributed by atoms with Gasteiger partial charge in [-0.05, 0) is 12.8 Å². The highest BCUT2D eigenvalue weighted by Gasteiger charge is 2.52. The number of amides is 1. The summed E-state index contributed by atoms with van der Waals surface area (Å²) in [6.07, 6.45) is 1.26. The quantitative estimate of drug-likeness (QED) is 0.416. The van der Waals surface area contributed by atoms with Crippen molar-refractivity contribution in [2.24, 2.45) is 11.7 Å². The van der Waals surface area contributed by atoms with Gasteiger partial charge in [0.25, 0.3) is 5.91 Å². The summed E-state index contributed by atoms with van der Waals surface area (Å²) in [5.41, 5.74) is 2.94. The number of nitrogens with zero attached hydrogens (tertiary/aromatic N) is 1. The topological polar surface area (TPSA) is 106 Å². The zero-order valence-corrected chi connectivity index (χ0v) is 6.40. The first kappa shape index (κ1) is 8.92. The van der Waals surface area contributed by atoms with Crippen LogP contribution in [0.3, 0.4) is 0 Å². The number of aliphatic hydroxyl groups is 1. The lowest BCUT2D eigenvalue weighted by Gasteiger charge is -2.18. The summed E-state index contributed by atoms with van der Waals surface area (Å²) < 4.78 is 0. The molecule has 1 unspecified atom stereocenters. The van der Waals surface area contributed by atoms with Crippen molar-refractivity contribution in [3.05, 3.63) is 10.1 Å². The van der Waals surface area contributed by atoms with Crippen molar-refractivity contribution in [2.75, 3.05) is 6.54 Å². The summed E-state index contributed by atoms with van der Waals surface area (Å²) in [4.78, 5) is 20.1. The lowest BCUT2D eigenvalue weighted by Crippen LogP contribution is -2.51. The Labute approximate surface area is 68.5 Å². The van der Waals surface area contributed by atoms with Crippen LogP contribution in [0.5, 0.6) is 0 Å². The molecule has 0 aromatic heterocycles. The molecule has 1 aliphatic carbocycles. The minimum atomic E-state index is -1.93. The average molecular weight is 174 g/mol. The van der Waals surface area contributed by atoms with Gasteiger partial charge in [0, 0.05) is 10.8 Å². The maximum absolute atomic E-state index is 10.7. The highest BCUT2D eigenvalue weighted by molar-refractivity contribution is 5.84. The third-order valence-corrected chi connectivity index (χ3v) is 2.05. The van der Waals surface area contributed by atoms with Crippen molar-refractivity contribution in [1.29, 1.82) is 0 Å². The fourth-order valence-electron chi connectivity index (χ4n) is 1.17. The Morgan fingerprint density at radius 3 is 2.50 bits per heavy atom. The normalized spacial score (nSPS) is 21.4. The van der Waals surface area contributed by atoms with Gasteiger partial charge < -0.3 is 10.8 Å². The van der Waals surface area contributed by atoms with Gasteiger partial charge in [-0.25, -0.2) is 0 Å². The van der Waals surface area contributed by atoms with Crippen LogP contribution < -0.4 is 5.73 Å². The first-order valence-corrected chi connectivity index (χ1v) is 3.61. The van der Waals surface area contributed by atoms with Crippen molar-refractivity contribution in [3.63, 3.8) is 0 Å². The van der Waals surface area contributed by atoms with Gasteiger partial charge in [-0.15, -0.1) is 0 Å². The maximum atomic E-state index is 10.7. The number of primary amides is 1. The molecule has 3 N–H and O–H groups in total. The SMILES string of the molecule is NC(=O)C(O)(C[N+](=O)[O-])C1CC1. The molecule has 0 aromatic rings. The fourth-order valence-corrected chi connectivity index (χ4v) is 1.17. The van der Waals surface area contributed by atoms with Gasteiger partial charge in [-0.2, -0.15) is 0 Å². The molecule has 12 heavy (non-hydrogen) atoms. The van der Waals surface area contributed by atoms with Gasteiger partial charge in [0.05, 0.1) is 0 Å². The molecule has 0 bridgehead atoms. The summed E-state index contributed by atoms with van der Waals surface area (Å²) >= 11 is 0. The largest absolute Gasteiger partial charge is 0.374 e. The van der Waals surface area contributed by atoms with Crippen molar-refractivity contribution < 1.29 is 14.8 Å². The Morgan fingerprint density at radius 1 is 1.75 bits per heavy atom. The van der Waals surface area contributed by atoms with Gasteiger partial charge in [0.1, 0.15) is 0 Å². The smallest absolute Gasteiger partial charge is 0.256 e. The number of nitrogens with two attached hydrogens (primary N) is 1. The van der Waals surface area contributed by atoms with Gasteiger partial charge in [-0.1, -0.05) is 0 Å². The molecular weight excluding hydrogens is 164 g/mol. The predicted molar refractivity (Wildman–Crippen MR) is 38.7 cm³/mol. The van der Waals surface area contributed by atoms with Crippen LogP contribution in [-0.2, 0) is 4.79 Å². The zero-order valence-electron chi connectivity index (χ0n) is 6.40. The van der Waals surface area contributed by atoms with Crippen molar-refractivity contribution in [1.82, 2.24) is 0 Å². The summed E-state index contributed by atoms with van der Waals surface area (Å²) in [6.45, 7) is -0.785. The van der Waals surface area contributed by atoms with Crippen molar-refractivity contribution in [2.45, 2.75) is 18.4 Å². The molecule has 0 aliphatic heterocycles. The molecule has 1 amide bonds. The van der Waals surface area contributed by atoms with E-state index in [1.807, 2.05) is 0 Å². The van der Waals surface area contributed by atoms with Crippen LogP contribution in [-0.4, -0.2) is 28.1 Å². The second kappa shape index (κ2) is 2.71. The fraction of sp³-hybridized carbons (Fsp3) is 0.833. The molecule has 6 heteroatoms. The van der Waals surface area contributed by atoms with Crippen LogP contribution in [0.25, 0.3) is 0 Å². The van der Waals surface area contributed by atoms with Gasteiger partial charge in [-0.3, -0.25) is 14.9 Å². The molecule has 1 atom stereocenters. The van der Waals surface area contributed by atoms with E-state index >= 15 is 0 Å². The monoisotopic (exact) mass is 174 g/mol. The third-order valence-electron chi connectivity index (χ3n) is 2.05. The van der Waals surface area contributed by atoms with Crippen LogP contribution in [0.15, 0.2) is 0 Å². The average Bonchev–Trinajstić information content (AvgIpc) is 2.65. The van der Waals surface area contributed by atoms with E-state index in [2.05, 4.69) is 0 Å². The van der Waals surface area contributed by atoms with Crippen molar-refractivity contribution >= 4 is 5.91 Å². The van der Waals surface area contributed by atoms with E-state index in [1.54, 1.807) is 0 Å². The molecule has 0 spiro atoms. The molecule has 0 heterocycles. The van der Waals surface area contributed by atoms with E-state index in [4.69, 9.17) is 5.73 Å². The van der Waals surface area contributed by atoms with Gasteiger partial charge in [0.15, 0.2) is 0 Å². The zero-order chi connectivity index (χ0) is 9.35. The lowest BCUT2D eigenvalue weighted by atomic mass is 9.97.